The van der Waals surface area contributed by atoms with Crippen LogP contribution in [-0.2, 0) is 13.0 Å². The van der Waals surface area contributed by atoms with Crippen molar-refractivity contribution in [1.82, 2.24) is 19.6 Å². The maximum Gasteiger partial charge on any atom is 0.253 e. The predicted octanol–water partition coefficient (Wildman–Crippen LogP) is 3.42. The van der Waals surface area contributed by atoms with E-state index in [0.29, 0.717) is 12.1 Å². The number of piperazine rings is 1. The lowest BCUT2D eigenvalue weighted by molar-refractivity contribution is 0.0643. The lowest BCUT2D eigenvalue weighted by Crippen LogP contribution is -2.50. The zero-order chi connectivity index (χ0) is 25.1. The van der Waals surface area contributed by atoms with Crippen molar-refractivity contribution < 1.29 is 4.79 Å². The van der Waals surface area contributed by atoms with E-state index in [9.17, 15) is 4.79 Å². The summed E-state index contributed by atoms with van der Waals surface area (Å²) in [7, 11) is 4.59. The molecule has 36 heavy (non-hydrogen) atoms. The molecule has 6 heteroatoms. The van der Waals surface area contributed by atoms with Gasteiger partial charge < -0.3 is 19.6 Å². The zero-order valence-corrected chi connectivity index (χ0v) is 22.4. The number of carbonyl (C=O) groups is 1. The van der Waals surface area contributed by atoms with Crippen LogP contribution in [0.4, 0.5) is 5.69 Å². The van der Waals surface area contributed by atoms with Gasteiger partial charge in [-0.1, -0.05) is 31.2 Å². The van der Waals surface area contributed by atoms with Crippen LogP contribution in [0.5, 0.6) is 0 Å². The van der Waals surface area contributed by atoms with Crippen molar-refractivity contribution in [3.63, 3.8) is 0 Å². The van der Waals surface area contributed by atoms with Gasteiger partial charge in [-0.05, 0) is 75.3 Å². The smallest absolute Gasteiger partial charge is 0.253 e. The second kappa shape index (κ2) is 11.3. The average Bonchev–Trinajstić information content (AvgIpc) is 2.93. The summed E-state index contributed by atoms with van der Waals surface area (Å²) in [5.41, 5.74) is 5.07. The fourth-order valence-corrected chi connectivity index (χ4v) is 6.23. The van der Waals surface area contributed by atoms with Crippen molar-refractivity contribution >= 4 is 11.6 Å². The largest absolute Gasteiger partial charge is 0.371 e. The van der Waals surface area contributed by atoms with Gasteiger partial charge in [0.2, 0.25) is 0 Å². The van der Waals surface area contributed by atoms with Crippen LogP contribution in [0.2, 0.25) is 0 Å². The Hall–Kier alpha value is -2.41. The second-order valence-corrected chi connectivity index (χ2v) is 11.0. The molecule has 0 radical (unpaired) electrons. The van der Waals surface area contributed by atoms with Gasteiger partial charge in [0.1, 0.15) is 0 Å². The minimum atomic E-state index is 0.174. The Morgan fingerprint density at radius 1 is 0.917 bits per heavy atom. The predicted molar refractivity (Wildman–Crippen MR) is 148 cm³/mol. The third-order valence-electron chi connectivity index (χ3n) is 8.79. The maximum atomic E-state index is 12.9. The minimum Gasteiger partial charge on any atom is -0.371 e. The van der Waals surface area contributed by atoms with Crippen LogP contribution in [0.3, 0.4) is 0 Å². The first kappa shape index (κ1) is 25.2. The highest BCUT2D eigenvalue weighted by atomic mass is 16.2. The number of anilines is 1. The van der Waals surface area contributed by atoms with Gasteiger partial charge in [-0.2, -0.15) is 0 Å². The van der Waals surface area contributed by atoms with Crippen LogP contribution < -0.4 is 4.90 Å². The first-order chi connectivity index (χ1) is 17.5. The number of likely N-dealkylation sites (N-methyl/N-ethyl adjacent to an activating group) is 3. The van der Waals surface area contributed by atoms with Crippen molar-refractivity contribution in [1.29, 1.82) is 0 Å². The van der Waals surface area contributed by atoms with Gasteiger partial charge in [0.15, 0.2) is 0 Å². The number of piperidine rings is 1. The molecule has 3 heterocycles. The Morgan fingerprint density at radius 3 is 2.25 bits per heavy atom. The van der Waals surface area contributed by atoms with Gasteiger partial charge in [-0.15, -0.1) is 0 Å². The number of rotatable bonds is 6. The van der Waals surface area contributed by atoms with Crippen molar-refractivity contribution in [2.45, 2.75) is 44.8 Å². The molecule has 1 unspecified atom stereocenters. The van der Waals surface area contributed by atoms with Gasteiger partial charge >= 0.3 is 0 Å². The summed E-state index contributed by atoms with van der Waals surface area (Å²) in [6.07, 6.45) is 3.52. The molecular weight excluding hydrogens is 446 g/mol. The summed E-state index contributed by atoms with van der Waals surface area (Å²) in [6, 6.07) is 18.5. The molecule has 1 atom stereocenters. The molecule has 6 nitrogen and oxygen atoms in total. The van der Waals surface area contributed by atoms with E-state index < -0.39 is 0 Å². The van der Waals surface area contributed by atoms with Gasteiger partial charge in [0.05, 0.1) is 0 Å². The summed E-state index contributed by atoms with van der Waals surface area (Å²) < 4.78 is 0. The highest BCUT2D eigenvalue weighted by Crippen LogP contribution is 2.26. The SMILES string of the molecule is CCN1CCN(C(=O)c2ccc(N3CCC(N(C)CC4Cc5ccccc5CN4C)CC3)cc2)CC1. The molecule has 1 amide bonds. The summed E-state index contributed by atoms with van der Waals surface area (Å²) in [5, 5.41) is 0. The molecule has 194 valence electrons. The van der Waals surface area contributed by atoms with Crippen LogP contribution in [0.25, 0.3) is 0 Å². The second-order valence-electron chi connectivity index (χ2n) is 11.0. The van der Waals surface area contributed by atoms with Crippen molar-refractivity contribution in [2.75, 3.05) is 71.4 Å². The van der Waals surface area contributed by atoms with E-state index in [2.05, 4.69) is 77.0 Å². The number of carbonyl (C=O) groups excluding carboxylic acids is 1. The molecule has 0 spiro atoms. The van der Waals surface area contributed by atoms with Crippen LogP contribution in [0, 0.1) is 0 Å². The summed E-state index contributed by atoms with van der Waals surface area (Å²) in [5.74, 6) is 0.174. The third-order valence-corrected chi connectivity index (χ3v) is 8.79. The standard InChI is InChI=1S/C30H43N5O/c1-4-33-17-19-35(20-18-33)30(36)24-9-11-28(12-10-24)34-15-13-27(14-16-34)32(3)23-29-21-25-7-5-6-8-26(25)22-31(29)2/h5-12,27,29H,4,13-23H2,1-3H3. The minimum absolute atomic E-state index is 0.174. The van der Waals surface area contributed by atoms with E-state index in [4.69, 9.17) is 0 Å². The third kappa shape index (κ3) is 5.61. The molecule has 0 N–H and O–H groups in total. The van der Waals surface area contributed by atoms with Crippen LogP contribution >= 0.6 is 0 Å². The molecule has 0 aliphatic carbocycles. The van der Waals surface area contributed by atoms with Crippen molar-refractivity contribution in [2.24, 2.45) is 0 Å². The van der Waals surface area contributed by atoms with Gasteiger partial charge in [0, 0.05) is 75.7 Å². The normalized spacial score (nSPS) is 22.2. The first-order valence-electron chi connectivity index (χ1n) is 13.9. The lowest BCUT2D eigenvalue weighted by Gasteiger charge is -2.41. The van der Waals surface area contributed by atoms with E-state index in [-0.39, 0.29) is 5.91 Å². The molecule has 3 aliphatic heterocycles. The molecular formula is C30H43N5O. The van der Waals surface area contributed by atoms with E-state index in [1.54, 1.807) is 0 Å². The number of benzene rings is 2. The highest BCUT2D eigenvalue weighted by molar-refractivity contribution is 5.94. The van der Waals surface area contributed by atoms with E-state index >= 15 is 0 Å². The molecule has 5 rings (SSSR count). The van der Waals surface area contributed by atoms with Crippen LogP contribution in [0.15, 0.2) is 48.5 Å². The Bertz CT molecular complexity index is 1010. The van der Waals surface area contributed by atoms with Crippen LogP contribution in [-0.4, -0.2) is 104 Å². The quantitative estimate of drug-likeness (QED) is 0.621. The maximum absolute atomic E-state index is 12.9. The van der Waals surface area contributed by atoms with Gasteiger partial charge in [-0.3, -0.25) is 9.69 Å². The summed E-state index contributed by atoms with van der Waals surface area (Å²) in [4.78, 5) is 25.0. The average molecular weight is 490 g/mol. The van der Waals surface area contributed by atoms with E-state index in [0.717, 1.165) is 70.9 Å². The van der Waals surface area contributed by atoms with Crippen LogP contribution in [0.1, 0.15) is 41.3 Å². The zero-order valence-electron chi connectivity index (χ0n) is 22.4. The molecule has 2 saturated heterocycles. The fourth-order valence-electron chi connectivity index (χ4n) is 6.23. The Kier molecular flexibility index (Phi) is 7.94. The first-order valence-corrected chi connectivity index (χ1v) is 13.9. The van der Waals surface area contributed by atoms with E-state index in [1.807, 2.05) is 17.0 Å². The molecule has 0 bridgehead atoms. The molecule has 2 aromatic rings. The number of fused-ring (bicyclic) bond motifs is 1. The molecule has 2 fully saturated rings. The Balaban J connectivity index is 1.11. The molecule has 3 aliphatic rings. The van der Waals surface area contributed by atoms with Crippen molar-refractivity contribution in [3.8, 4) is 0 Å². The fraction of sp³-hybridized carbons (Fsp3) is 0.567. The Morgan fingerprint density at radius 2 is 1.58 bits per heavy atom. The number of nitrogens with zero attached hydrogens (tertiary/aromatic N) is 5. The lowest BCUT2D eigenvalue weighted by atomic mass is 9.93. The molecule has 0 saturated carbocycles. The van der Waals surface area contributed by atoms with Gasteiger partial charge in [0.25, 0.3) is 5.91 Å². The van der Waals surface area contributed by atoms with Gasteiger partial charge in [-0.25, -0.2) is 0 Å². The monoisotopic (exact) mass is 489 g/mol. The number of amides is 1. The Labute approximate surface area is 217 Å². The molecule has 0 aromatic heterocycles. The number of hydrogen-bond acceptors (Lipinski definition) is 5. The summed E-state index contributed by atoms with van der Waals surface area (Å²) >= 11 is 0. The highest BCUT2D eigenvalue weighted by Gasteiger charge is 2.28. The number of hydrogen-bond donors (Lipinski definition) is 0. The molecule has 2 aromatic carbocycles. The van der Waals surface area contributed by atoms with Crippen molar-refractivity contribution in [3.05, 3.63) is 65.2 Å². The summed E-state index contributed by atoms with van der Waals surface area (Å²) in [6.45, 7) is 11.2. The van der Waals surface area contributed by atoms with E-state index in [1.165, 1.54) is 29.7 Å². The topological polar surface area (TPSA) is 33.3 Å².